The molecule has 7 nitrogen and oxygen atoms in total. The minimum Gasteiger partial charge on any atom is -0.392 e. The van der Waals surface area contributed by atoms with Crippen molar-refractivity contribution in [3.63, 3.8) is 0 Å². The van der Waals surface area contributed by atoms with Crippen LogP contribution in [0.1, 0.15) is 77.8 Å². The molecule has 2 aliphatic heterocycles. The number of aliphatic hydroxyl groups is 2. The number of aliphatic hydroxyl groups excluding tert-OH is 2. The number of carbonyl (C=O) groups is 1. The van der Waals surface area contributed by atoms with Gasteiger partial charge in [0.05, 0.1) is 17.8 Å². The van der Waals surface area contributed by atoms with Crippen molar-refractivity contribution in [2.75, 3.05) is 13.1 Å². The van der Waals surface area contributed by atoms with E-state index < -0.39 is 6.23 Å². The van der Waals surface area contributed by atoms with Crippen LogP contribution in [-0.4, -0.2) is 55.3 Å². The molecule has 7 heteroatoms. The maximum Gasteiger partial charge on any atom is 0.255 e. The maximum absolute atomic E-state index is 13.3. The summed E-state index contributed by atoms with van der Waals surface area (Å²) in [7, 11) is 0. The monoisotopic (exact) mass is 486 g/mol. The molecule has 36 heavy (non-hydrogen) atoms. The van der Waals surface area contributed by atoms with E-state index >= 15 is 0 Å². The van der Waals surface area contributed by atoms with E-state index in [0.717, 1.165) is 46.4 Å². The van der Waals surface area contributed by atoms with Crippen molar-refractivity contribution >= 4 is 5.91 Å². The third-order valence-electron chi connectivity index (χ3n) is 8.20. The summed E-state index contributed by atoms with van der Waals surface area (Å²) in [4.78, 5) is 17.1. The molecular weight excluding hydrogens is 452 g/mol. The summed E-state index contributed by atoms with van der Waals surface area (Å²) in [5, 5.41) is 28.3. The van der Waals surface area contributed by atoms with Gasteiger partial charge < -0.3 is 15.1 Å². The molecule has 1 aromatic heterocycles. The first kappa shape index (κ1) is 23.4. The highest BCUT2D eigenvalue weighted by Gasteiger charge is 2.35. The molecule has 188 valence electrons. The maximum atomic E-state index is 13.3. The van der Waals surface area contributed by atoms with Crippen LogP contribution in [0.5, 0.6) is 0 Å². The highest BCUT2D eigenvalue weighted by Crippen LogP contribution is 2.41. The van der Waals surface area contributed by atoms with Gasteiger partial charge in [0.2, 0.25) is 0 Å². The SMILES string of the molecule is C[C@H](c1ccc(C(O)N2CC[C@H](O)C2)cc1)N1Cc2cc(-c3n[nH]c4c3CC(C)(C)C4)ccc2C1=O. The van der Waals surface area contributed by atoms with E-state index in [9.17, 15) is 15.0 Å². The van der Waals surface area contributed by atoms with Gasteiger partial charge in [-0.25, -0.2) is 0 Å². The standard InChI is InChI=1S/C29H34N4O3/c1-17(18-4-6-19(7-5-18)27(35)32-11-10-22(34)16-32)33-15-21-12-20(8-9-23(21)28(33)36)26-24-13-29(2,3)14-25(24)30-31-26/h4-9,12,17,22,27,34-35H,10-11,13-16H2,1-3H3,(H,30,31)/t17-,22+,27?/m1/s1. The lowest BCUT2D eigenvalue weighted by Gasteiger charge is -2.26. The number of carbonyl (C=O) groups excluding carboxylic acids is 1. The number of benzene rings is 2. The fourth-order valence-electron chi connectivity index (χ4n) is 6.13. The van der Waals surface area contributed by atoms with E-state index in [1.54, 1.807) is 0 Å². The highest BCUT2D eigenvalue weighted by atomic mass is 16.3. The van der Waals surface area contributed by atoms with Gasteiger partial charge in [0.15, 0.2) is 0 Å². The average molecular weight is 487 g/mol. The van der Waals surface area contributed by atoms with Crippen molar-refractivity contribution in [3.8, 4) is 11.3 Å². The number of hydrogen-bond acceptors (Lipinski definition) is 5. The zero-order chi connectivity index (χ0) is 25.2. The van der Waals surface area contributed by atoms with Crippen LogP contribution in [0.25, 0.3) is 11.3 Å². The Balaban J connectivity index is 1.19. The largest absolute Gasteiger partial charge is 0.392 e. The summed E-state index contributed by atoms with van der Waals surface area (Å²) < 4.78 is 0. The summed E-state index contributed by atoms with van der Waals surface area (Å²) in [5.74, 6) is 0.0487. The second-order valence-electron chi connectivity index (χ2n) is 11.5. The summed E-state index contributed by atoms with van der Waals surface area (Å²) in [6, 6.07) is 13.8. The van der Waals surface area contributed by atoms with Crippen LogP contribution in [0.15, 0.2) is 42.5 Å². The molecule has 1 saturated heterocycles. The molecule has 3 heterocycles. The Kier molecular flexibility index (Phi) is 5.55. The molecule has 2 aromatic carbocycles. The van der Waals surface area contributed by atoms with Crippen LogP contribution < -0.4 is 0 Å². The summed E-state index contributed by atoms with van der Waals surface area (Å²) in [5.41, 5.74) is 8.50. The molecule has 0 radical (unpaired) electrons. The molecule has 3 aromatic rings. The van der Waals surface area contributed by atoms with Gasteiger partial charge in [-0.3, -0.25) is 14.8 Å². The van der Waals surface area contributed by atoms with Gasteiger partial charge in [-0.1, -0.05) is 44.2 Å². The second kappa shape index (κ2) is 8.54. The van der Waals surface area contributed by atoms with Crippen molar-refractivity contribution < 1.29 is 15.0 Å². The van der Waals surface area contributed by atoms with E-state index in [2.05, 4.69) is 37.0 Å². The van der Waals surface area contributed by atoms with E-state index in [0.29, 0.717) is 26.1 Å². The van der Waals surface area contributed by atoms with Crippen LogP contribution in [-0.2, 0) is 19.4 Å². The zero-order valence-corrected chi connectivity index (χ0v) is 21.2. The van der Waals surface area contributed by atoms with Gasteiger partial charge in [-0.15, -0.1) is 0 Å². The Morgan fingerprint density at radius 1 is 1.11 bits per heavy atom. The molecule has 0 spiro atoms. The number of nitrogens with one attached hydrogen (secondary N) is 1. The Hall–Kier alpha value is -3.00. The summed E-state index contributed by atoms with van der Waals surface area (Å²) in [6.07, 6.45) is 1.61. The fourth-order valence-corrected chi connectivity index (χ4v) is 6.13. The van der Waals surface area contributed by atoms with Crippen LogP contribution in [0.3, 0.4) is 0 Å². The number of amides is 1. The quantitative estimate of drug-likeness (QED) is 0.507. The third kappa shape index (κ3) is 3.95. The van der Waals surface area contributed by atoms with Gasteiger partial charge >= 0.3 is 0 Å². The van der Waals surface area contributed by atoms with Gasteiger partial charge in [-0.2, -0.15) is 5.10 Å². The highest BCUT2D eigenvalue weighted by molar-refractivity contribution is 5.99. The van der Waals surface area contributed by atoms with Gasteiger partial charge in [0, 0.05) is 42.0 Å². The van der Waals surface area contributed by atoms with Crippen LogP contribution in [0.4, 0.5) is 0 Å². The first-order valence-electron chi connectivity index (χ1n) is 12.9. The van der Waals surface area contributed by atoms with Crippen LogP contribution in [0, 0.1) is 5.41 Å². The topological polar surface area (TPSA) is 92.7 Å². The van der Waals surface area contributed by atoms with Crippen molar-refractivity contribution in [1.29, 1.82) is 0 Å². The predicted molar refractivity (Wildman–Crippen MR) is 137 cm³/mol. The number of aromatic amines is 1. The lowest BCUT2D eigenvalue weighted by Crippen LogP contribution is -2.28. The molecule has 6 rings (SSSR count). The molecule has 3 aliphatic rings. The van der Waals surface area contributed by atoms with Crippen molar-refractivity contribution in [3.05, 3.63) is 76.0 Å². The molecule has 1 unspecified atom stereocenters. The molecule has 0 saturated carbocycles. The van der Waals surface area contributed by atoms with Gasteiger partial charge in [0.25, 0.3) is 5.91 Å². The zero-order valence-electron chi connectivity index (χ0n) is 21.2. The molecule has 1 fully saturated rings. The lowest BCUT2D eigenvalue weighted by molar-refractivity contribution is 0.0103. The van der Waals surface area contributed by atoms with E-state index in [1.165, 1.54) is 11.3 Å². The smallest absolute Gasteiger partial charge is 0.255 e. The average Bonchev–Trinajstić information content (AvgIpc) is 3.60. The van der Waals surface area contributed by atoms with E-state index in [1.807, 2.05) is 46.2 Å². The Bertz CT molecular complexity index is 1310. The summed E-state index contributed by atoms with van der Waals surface area (Å²) >= 11 is 0. The molecular formula is C29H34N4O3. The first-order valence-corrected chi connectivity index (χ1v) is 12.9. The number of nitrogens with zero attached hydrogens (tertiary/aromatic N) is 3. The molecule has 0 bridgehead atoms. The molecule has 3 atom stereocenters. The van der Waals surface area contributed by atoms with E-state index in [-0.39, 0.29) is 23.5 Å². The lowest BCUT2D eigenvalue weighted by atomic mass is 9.90. The minimum atomic E-state index is -0.725. The number of likely N-dealkylation sites (tertiary alicyclic amines) is 1. The Morgan fingerprint density at radius 2 is 1.86 bits per heavy atom. The van der Waals surface area contributed by atoms with Crippen LogP contribution >= 0.6 is 0 Å². The number of H-pyrrole nitrogens is 1. The number of rotatable bonds is 5. The first-order chi connectivity index (χ1) is 17.2. The molecule has 3 N–H and O–H groups in total. The normalized spacial score (nSPS) is 22.6. The van der Waals surface area contributed by atoms with E-state index in [4.69, 9.17) is 0 Å². The minimum absolute atomic E-state index is 0.0487. The molecule has 1 aliphatic carbocycles. The Morgan fingerprint density at radius 3 is 2.58 bits per heavy atom. The van der Waals surface area contributed by atoms with Crippen LogP contribution in [0.2, 0.25) is 0 Å². The Labute approximate surface area is 211 Å². The van der Waals surface area contributed by atoms with Crippen molar-refractivity contribution in [2.24, 2.45) is 5.41 Å². The third-order valence-corrected chi connectivity index (χ3v) is 8.20. The second-order valence-corrected chi connectivity index (χ2v) is 11.5. The van der Waals surface area contributed by atoms with Gasteiger partial charge in [-0.05, 0) is 60.4 Å². The number of fused-ring (bicyclic) bond motifs is 2. The summed E-state index contributed by atoms with van der Waals surface area (Å²) in [6.45, 7) is 8.36. The molecule has 1 amide bonds. The number of hydrogen-bond donors (Lipinski definition) is 3. The fraction of sp³-hybridized carbons (Fsp3) is 0.448. The number of β-amino-alcohol motifs (C(OH)–C–C–N with tert-alkyl or cyclic N) is 1. The van der Waals surface area contributed by atoms with Crippen molar-refractivity contribution in [1.82, 2.24) is 20.0 Å². The predicted octanol–water partition coefficient (Wildman–Crippen LogP) is 3.98. The van der Waals surface area contributed by atoms with Crippen molar-refractivity contribution in [2.45, 2.75) is 65.0 Å². The number of aromatic nitrogens is 2. The van der Waals surface area contributed by atoms with Gasteiger partial charge in [0.1, 0.15) is 6.23 Å².